The Kier molecular flexibility index (Phi) is 5.89. The molecule has 0 rings (SSSR count). The van der Waals surface area contributed by atoms with Gasteiger partial charge in [0.15, 0.2) is 8.32 Å². The highest BCUT2D eigenvalue weighted by Crippen LogP contribution is 2.36. The summed E-state index contributed by atoms with van der Waals surface area (Å²) in [4.78, 5) is 0. The normalized spacial score (nSPS) is 13.3. The van der Waals surface area contributed by atoms with E-state index in [1.165, 1.54) is 0 Å². The van der Waals surface area contributed by atoms with Crippen molar-refractivity contribution in [3.8, 4) is 0 Å². The summed E-state index contributed by atoms with van der Waals surface area (Å²) in [7, 11) is 0.0338. The van der Waals surface area contributed by atoms with Gasteiger partial charge in [-0.15, -0.1) is 0 Å². The number of rotatable bonds is 6. The molecular weight excluding hydrogens is 196 g/mol. The standard InChI is InChI=1S/C10H24O3Si/c1-10(2,3)14(5,6)13-8-7-12-9-11-4/h7-9H2,1-6H3. The summed E-state index contributed by atoms with van der Waals surface area (Å²) in [6.07, 6.45) is 0. The van der Waals surface area contributed by atoms with Gasteiger partial charge < -0.3 is 13.9 Å². The Bertz CT molecular complexity index is 152. The predicted octanol–water partition coefficient (Wildman–Crippen LogP) is 2.63. The fourth-order valence-electron chi connectivity index (χ4n) is 0.715. The van der Waals surface area contributed by atoms with Crippen LogP contribution in [0.3, 0.4) is 0 Å². The van der Waals surface area contributed by atoms with E-state index in [9.17, 15) is 0 Å². The minimum atomic E-state index is -1.59. The summed E-state index contributed by atoms with van der Waals surface area (Å²) in [6.45, 7) is 12.8. The summed E-state index contributed by atoms with van der Waals surface area (Å²) in [6, 6.07) is 0. The molecule has 0 saturated heterocycles. The van der Waals surface area contributed by atoms with E-state index < -0.39 is 8.32 Å². The van der Waals surface area contributed by atoms with Gasteiger partial charge in [-0.25, -0.2) is 0 Å². The van der Waals surface area contributed by atoms with Crippen molar-refractivity contribution in [2.24, 2.45) is 0 Å². The van der Waals surface area contributed by atoms with Crippen LogP contribution < -0.4 is 0 Å². The molecule has 0 aromatic heterocycles. The first-order chi connectivity index (χ1) is 6.31. The minimum Gasteiger partial charge on any atom is -0.414 e. The third kappa shape index (κ3) is 5.10. The molecule has 3 nitrogen and oxygen atoms in total. The van der Waals surface area contributed by atoms with Gasteiger partial charge in [0.1, 0.15) is 6.79 Å². The first kappa shape index (κ1) is 14.1. The highest BCUT2D eigenvalue weighted by Gasteiger charge is 2.36. The zero-order valence-electron chi connectivity index (χ0n) is 10.3. The van der Waals surface area contributed by atoms with E-state index in [0.717, 1.165) is 0 Å². The van der Waals surface area contributed by atoms with Crippen molar-refractivity contribution >= 4 is 8.32 Å². The summed E-state index contributed by atoms with van der Waals surface area (Å²) >= 11 is 0. The first-order valence-corrected chi connectivity index (χ1v) is 7.93. The van der Waals surface area contributed by atoms with Crippen LogP contribution in [0.4, 0.5) is 0 Å². The lowest BCUT2D eigenvalue weighted by Crippen LogP contribution is -2.41. The molecule has 0 bridgehead atoms. The van der Waals surface area contributed by atoms with Crippen LogP contribution in [0, 0.1) is 0 Å². The van der Waals surface area contributed by atoms with Crippen molar-refractivity contribution in [3.05, 3.63) is 0 Å². The summed E-state index contributed by atoms with van der Waals surface area (Å²) in [5.74, 6) is 0. The second kappa shape index (κ2) is 5.85. The topological polar surface area (TPSA) is 27.7 Å². The van der Waals surface area contributed by atoms with Crippen LogP contribution in [0.25, 0.3) is 0 Å². The number of hydrogen-bond acceptors (Lipinski definition) is 3. The molecule has 0 fully saturated rings. The molecule has 0 aromatic carbocycles. The number of hydrogen-bond donors (Lipinski definition) is 0. The van der Waals surface area contributed by atoms with Crippen LogP contribution in [-0.2, 0) is 13.9 Å². The average molecular weight is 220 g/mol. The molecule has 14 heavy (non-hydrogen) atoms. The molecule has 0 aromatic rings. The van der Waals surface area contributed by atoms with Crippen molar-refractivity contribution < 1.29 is 13.9 Å². The highest BCUT2D eigenvalue weighted by molar-refractivity contribution is 6.74. The second-order valence-corrected chi connectivity index (χ2v) is 9.73. The molecule has 0 aliphatic heterocycles. The SMILES string of the molecule is COCOCCO[Si](C)(C)C(C)(C)C. The molecule has 0 amide bonds. The lowest BCUT2D eigenvalue weighted by atomic mass is 10.2. The van der Waals surface area contributed by atoms with Crippen molar-refractivity contribution in [1.29, 1.82) is 0 Å². The minimum absolute atomic E-state index is 0.272. The van der Waals surface area contributed by atoms with E-state index in [4.69, 9.17) is 13.9 Å². The van der Waals surface area contributed by atoms with Crippen LogP contribution in [0.15, 0.2) is 0 Å². The maximum atomic E-state index is 5.90. The molecule has 86 valence electrons. The predicted molar refractivity (Wildman–Crippen MR) is 61.0 cm³/mol. The Hall–Kier alpha value is 0.0969. The van der Waals surface area contributed by atoms with E-state index in [-0.39, 0.29) is 5.04 Å². The number of methoxy groups -OCH3 is 1. The van der Waals surface area contributed by atoms with Crippen LogP contribution >= 0.6 is 0 Å². The van der Waals surface area contributed by atoms with Gasteiger partial charge in [0.2, 0.25) is 0 Å². The Morgan fingerprint density at radius 3 is 2.07 bits per heavy atom. The molecule has 0 radical (unpaired) electrons. The first-order valence-electron chi connectivity index (χ1n) is 5.02. The molecule has 0 N–H and O–H groups in total. The smallest absolute Gasteiger partial charge is 0.192 e. The lowest BCUT2D eigenvalue weighted by molar-refractivity contribution is -0.0398. The molecular formula is C10H24O3Si. The molecule has 0 aliphatic carbocycles. The molecule has 0 unspecified atom stereocenters. The fourth-order valence-corrected chi connectivity index (χ4v) is 1.74. The number of ether oxygens (including phenoxy) is 2. The second-order valence-electron chi connectivity index (χ2n) is 4.92. The Morgan fingerprint density at radius 1 is 1.07 bits per heavy atom. The van der Waals surface area contributed by atoms with E-state index in [2.05, 4.69) is 33.9 Å². The molecule has 0 heterocycles. The van der Waals surface area contributed by atoms with E-state index in [0.29, 0.717) is 20.0 Å². The Labute approximate surface area is 88.9 Å². The molecule has 0 spiro atoms. The van der Waals surface area contributed by atoms with Crippen LogP contribution in [0.5, 0.6) is 0 Å². The van der Waals surface area contributed by atoms with Gasteiger partial charge in [-0.05, 0) is 18.1 Å². The van der Waals surface area contributed by atoms with Crippen LogP contribution in [-0.4, -0.2) is 35.4 Å². The van der Waals surface area contributed by atoms with Gasteiger partial charge in [0.25, 0.3) is 0 Å². The molecule has 0 atom stereocenters. The van der Waals surface area contributed by atoms with Crippen LogP contribution in [0.1, 0.15) is 20.8 Å². The quantitative estimate of drug-likeness (QED) is 0.391. The molecule has 0 saturated carbocycles. The van der Waals surface area contributed by atoms with Gasteiger partial charge in [-0.2, -0.15) is 0 Å². The van der Waals surface area contributed by atoms with E-state index >= 15 is 0 Å². The largest absolute Gasteiger partial charge is 0.414 e. The Balaban J connectivity index is 3.67. The maximum absolute atomic E-state index is 5.90. The Morgan fingerprint density at radius 2 is 1.64 bits per heavy atom. The fraction of sp³-hybridized carbons (Fsp3) is 1.00. The highest BCUT2D eigenvalue weighted by atomic mass is 28.4. The summed E-state index contributed by atoms with van der Waals surface area (Å²) < 4.78 is 15.8. The molecule has 0 aliphatic rings. The summed E-state index contributed by atoms with van der Waals surface area (Å²) in [5, 5.41) is 0.272. The van der Waals surface area contributed by atoms with E-state index in [1.54, 1.807) is 7.11 Å². The van der Waals surface area contributed by atoms with Gasteiger partial charge in [0, 0.05) is 7.11 Å². The summed E-state index contributed by atoms with van der Waals surface area (Å²) in [5.41, 5.74) is 0. The van der Waals surface area contributed by atoms with Gasteiger partial charge in [-0.1, -0.05) is 20.8 Å². The van der Waals surface area contributed by atoms with Gasteiger partial charge >= 0.3 is 0 Å². The van der Waals surface area contributed by atoms with Crippen molar-refractivity contribution in [2.45, 2.75) is 38.9 Å². The molecule has 4 heteroatoms. The lowest BCUT2D eigenvalue weighted by Gasteiger charge is -2.36. The zero-order valence-corrected chi connectivity index (χ0v) is 11.3. The maximum Gasteiger partial charge on any atom is 0.192 e. The van der Waals surface area contributed by atoms with Gasteiger partial charge in [-0.3, -0.25) is 0 Å². The van der Waals surface area contributed by atoms with Crippen molar-refractivity contribution in [3.63, 3.8) is 0 Å². The zero-order chi connectivity index (χ0) is 11.2. The van der Waals surface area contributed by atoms with Gasteiger partial charge in [0.05, 0.1) is 13.2 Å². The third-order valence-corrected chi connectivity index (χ3v) is 7.24. The van der Waals surface area contributed by atoms with E-state index in [1.807, 2.05) is 0 Å². The monoisotopic (exact) mass is 220 g/mol. The third-order valence-electron chi connectivity index (χ3n) is 2.70. The van der Waals surface area contributed by atoms with Crippen molar-refractivity contribution in [2.75, 3.05) is 27.1 Å². The average Bonchev–Trinajstić information content (AvgIpc) is 2.02. The van der Waals surface area contributed by atoms with Crippen molar-refractivity contribution in [1.82, 2.24) is 0 Å². The van der Waals surface area contributed by atoms with Crippen LogP contribution in [0.2, 0.25) is 18.1 Å².